The Morgan fingerprint density at radius 1 is 1.24 bits per heavy atom. The molecule has 0 aromatic heterocycles. The Kier molecular flexibility index (Phi) is 6.68. The normalized spacial score (nSPS) is 14.6. The lowest BCUT2D eigenvalue weighted by atomic mass is 10.1. The van der Waals surface area contributed by atoms with Crippen molar-refractivity contribution in [3.63, 3.8) is 0 Å². The van der Waals surface area contributed by atoms with Crippen molar-refractivity contribution in [2.75, 3.05) is 6.54 Å². The Morgan fingerprint density at radius 3 is 2.65 bits per heavy atom. The molecule has 0 saturated carbocycles. The average Bonchev–Trinajstić information content (AvgIpc) is 2.30. The first-order chi connectivity index (χ1) is 8.17. The second-order valence-electron chi connectivity index (χ2n) is 4.57. The maximum absolute atomic E-state index is 3.46. The first-order valence-electron chi connectivity index (χ1n) is 6.67. The number of nitrogens with one attached hydrogen (secondary N) is 1. The second kappa shape index (κ2) is 7.78. The number of hydrogen-bond acceptors (Lipinski definition) is 2. The summed E-state index contributed by atoms with van der Waals surface area (Å²) in [5.74, 6) is 0. The molecule has 0 aliphatic heterocycles. The zero-order chi connectivity index (χ0) is 12.7. The lowest BCUT2D eigenvalue weighted by Crippen LogP contribution is -2.17. The van der Waals surface area contributed by atoms with Gasteiger partial charge in [0.1, 0.15) is 0 Å². The van der Waals surface area contributed by atoms with Crippen molar-refractivity contribution in [1.82, 2.24) is 5.32 Å². The molecular weight excluding hydrogens is 226 g/mol. The Morgan fingerprint density at radius 2 is 2.00 bits per heavy atom. The Balaban J connectivity index is 2.65. The summed E-state index contributed by atoms with van der Waals surface area (Å²) in [6, 6.07) is 9.37. The molecule has 2 heteroatoms. The summed E-state index contributed by atoms with van der Waals surface area (Å²) in [6.07, 6.45) is 2.55. The monoisotopic (exact) mass is 251 g/mol. The first kappa shape index (κ1) is 14.6. The SMILES string of the molecule is CCCC(C)Sc1cccc(C(C)NCC)c1. The molecule has 0 fully saturated rings. The van der Waals surface area contributed by atoms with Crippen LogP contribution in [0, 0.1) is 0 Å². The molecule has 0 saturated heterocycles. The van der Waals surface area contributed by atoms with E-state index in [1.807, 2.05) is 11.8 Å². The molecule has 96 valence electrons. The van der Waals surface area contributed by atoms with Crippen LogP contribution < -0.4 is 5.32 Å². The largest absolute Gasteiger partial charge is 0.310 e. The van der Waals surface area contributed by atoms with Gasteiger partial charge >= 0.3 is 0 Å². The van der Waals surface area contributed by atoms with E-state index in [9.17, 15) is 0 Å². The van der Waals surface area contributed by atoms with E-state index >= 15 is 0 Å². The topological polar surface area (TPSA) is 12.0 Å². The van der Waals surface area contributed by atoms with Gasteiger partial charge < -0.3 is 5.32 Å². The smallest absolute Gasteiger partial charge is 0.0292 e. The fourth-order valence-electron chi connectivity index (χ4n) is 1.98. The molecule has 0 radical (unpaired) electrons. The van der Waals surface area contributed by atoms with Gasteiger partial charge in [0, 0.05) is 16.2 Å². The van der Waals surface area contributed by atoms with Crippen molar-refractivity contribution in [1.29, 1.82) is 0 Å². The highest BCUT2D eigenvalue weighted by molar-refractivity contribution is 7.99. The van der Waals surface area contributed by atoms with Gasteiger partial charge in [0.05, 0.1) is 0 Å². The highest BCUT2D eigenvalue weighted by atomic mass is 32.2. The predicted molar refractivity (Wildman–Crippen MR) is 78.8 cm³/mol. The fraction of sp³-hybridized carbons (Fsp3) is 0.600. The van der Waals surface area contributed by atoms with Crippen LogP contribution in [0.25, 0.3) is 0 Å². The first-order valence-corrected chi connectivity index (χ1v) is 7.55. The summed E-state index contributed by atoms with van der Waals surface area (Å²) in [6.45, 7) is 9.96. The molecule has 2 atom stereocenters. The second-order valence-corrected chi connectivity index (χ2v) is 6.08. The molecule has 0 heterocycles. The van der Waals surface area contributed by atoms with E-state index in [0.717, 1.165) is 6.54 Å². The molecule has 0 amide bonds. The highest BCUT2D eigenvalue weighted by Gasteiger charge is 2.07. The van der Waals surface area contributed by atoms with Gasteiger partial charge in [-0.05, 0) is 37.6 Å². The molecule has 0 bridgehead atoms. The standard InChI is InChI=1S/C15H25NS/c1-5-8-12(3)17-15-10-7-9-14(11-15)13(4)16-6-2/h7,9-13,16H,5-6,8H2,1-4H3. The van der Waals surface area contributed by atoms with E-state index in [2.05, 4.69) is 57.3 Å². The molecule has 2 unspecified atom stereocenters. The minimum Gasteiger partial charge on any atom is -0.310 e. The molecule has 1 nitrogen and oxygen atoms in total. The van der Waals surface area contributed by atoms with Crippen LogP contribution in [0.5, 0.6) is 0 Å². The van der Waals surface area contributed by atoms with Crippen molar-refractivity contribution in [2.45, 2.75) is 56.7 Å². The summed E-state index contributed by atoms with van der Waals surface area (Å²) in [5.41, 5.74) is 1.39. The molecule has 0 aliphatic carbocycles. The minimum absolute atomic E-state index is 0.446. The van der Waals surface area contributed by atoms with Gasteiger partial charge in [-0.2, -0.15) is 0 Å². The molecule has 0 aliphatic rings. The van der Waals surface area contributed by atoms with E-state index in [1.54, 1.807) is 0 Å². The van der Waals surface area contributed by atoms with Crippen LogP contribution in [0.15, 0.2) is 29.2 Å². The lowest BCUT2D eigenvalue weighted by Gasteiger charge is -2.15. The summed E-state index contributed by atoms with van der Waals surface area (Å²) < 4.78 is 0. The van der Waals surface area contributed by atoms with Crippen LogP contribution in [0.1, 0.15) is 52.1 Å². The third-order valence-electron chi connectivity index (χ3n) is 2.90. The number of hydrogen-bond donors (Lipinski definition) is 1. The summed E-state index contributed by atoms with van der Waals surface area (Å²) in [5, 5.41) is 4.17. The van der Waals surface area contributed by atoms with E-state index in [-0.39, 0.29) is 0 Å². The maximum Gasteiger partial charge on any atom is 0.0292 e. The van der Waals surface area contributed by atoms with Crippen molar-refractivity contribution >= 4 is 11.8 Å². The summed E-state index contributed by atoms with van der Waals surface area (Å²) in [4.78, 5) is 1.40. The number of thioether (sulfide) groups is 1. The van der Waals surface area contributed by atoms with Gasteiger partial charge in [0.2, 0.25) is 0 Å². The molecule has 0 spiro atoms. The van der Waals surface area contributed by atoms with Gasteiger partial charge in [-0.3, -0.25) is 0 Å². The summed E-state index contributed by atoms with van der Waals surface area (Å²) >= 11 is 1.99. The van der Waals surface area contributed by atoms with Crippen LogP contribution in [0.2, 0.25) is 0 Å². The molecule has 1 aromatic carbocycles. The molecule has 1 N–H and O–H groups in total. The fourth-order valence-corrected chi connectivity index (χ4v) is 3.16. The van der Waals surface area contributed by atoms with Gasteiger partial charge in [-0.1, -0.05) is 39.3 Å². The maximum atomic E-state index is 3.46. The molecule has 1 rings (SSSR count). The van der Waals surface area contributed by atoms with E-state index < -0.39 is 0 Å². The molecular formula is C15H25NS. The zero-order valence-electron chi connectivity index (χ0n) is 11.5. The van der Waals surface area contributed by atoms with Gasteiger partial charge in [0.15, 0.2) is 0 Å². The molecule has 1 aromatic rings. The van der Waals surface area contributed by atoms with Crippen molar-refractivity contribution < 1.29 is 0 Å². The van der Waals surface area contributed by atoms with Gasteiger partial charge in [0.25, 0.3) is 0 Å². The van der Waals surface area contributed by atoms with E-state index in [1.165, 1.54) is 23.3 Å². The average molecular weight is 251 g/mol. The van der Waals surface area contributed by atoms with Crippen LogP contribution in [0.4, 0.5) is 0 Å². The third kappa shape index (κ3) is 5.13. The van der Waals surface area contributed by atoms with Crippen molar-refractivity contribution in [3.8, 4) is 0 Å². The van der Waals surface area contributed by atoms with Gasteiger partial charge in [-0.25, -0.2) is 0 Å². The number of rotatable bonds is 7. The Bertz CT molecular complexity index is 324. The predicted octanol–water partition coefficient (Wildman–Crippen LogP) is 4.64. The quantitative estimate of drug-likeness (QED) is 0.709. The zero-order valence-corrected chi connectivity index (χ0v) is 12.3. The molecule has 17 heavy (non-hydrogen) atoms. The van der Waals surface area contributed by atoms with Crippen LogP contribution in [-0.4, -0.2) is 11.8 Å². The Hall–Kier alpha value is -0.470. The highest BCUT2D eigenvalue weighted by Crippen LogP contribution is 2.27. The third-order valence-corrected chi connectivity index (χ3v) is 4.07. The van der Waals surface area contributed by atoms with E-state index in [0.29, 0.717) is 11.3 Å². The van der Waals surface area contributed by atoms with Crippen LogP contribution in [-0.2, 0) is 0 Å². The van der Waals surface area contributed by atoms with Crippen molar-refractivity contribution in [2.24, 2.45) is 0 Å². The number of benzene rings is 1. The van der Waals surface area contributed by atoms with Crippen molar-refractivity contribution in [3.05, 3.63) is 29.8 Å². The summed E-state index contributed by atoms with van der Waals surface area (Å²) in [7, 11) is 0. The van der Waals surface area contributed by atoms with E-state index in [4.69, 9.17) is 0 Å². The van der Waals surface area contributed by atoms with Crippen LogP contribution >= 0.6 is 11.8 Å². The lowest BCUT2D eigenvalue weighted by molar-refractivity contribution is 0.597. The Labute approximate surface area is 110 Å². The minimum atomic E-state index is 0.446. The van der Waals surface area contributed by atoms with Gasteiger partial charge in [-0.15, -0.1) is 11.8 Å². The van der Waals surface area contributed by atoms with Crippen LogP contribution in [0.3, 0.4) is 0 Å².